The predicted octanol–water partition coefficient (Wildman–Crippen LogP) is 0.684. The van der Waals surface area contributed by atoms with Crippen molar-refractivity contribution < 1.29 is 8.42 Å². The molecule has 4 nitrogen and oxygen atoms in total. The molecule has 1 aliphatic heterocycles. The smallest absolute Gasteiger partial charge is 0.166 e. The molecule has 0 aromatic heterocycles. The summed E-state index contributed by atoms with van der Waals surface area (Å²) in [7, 11) is -2.88. The molecular formula is C10H20N2O2S2. The normalized spacial score (nSPS) is 28.0. The molecule has 0 saturated carbocycles. The monoisotopic (exact) mass is 264 g/mol. The van der Waals surface area contributed by atoms with Gasteiger partial charge in [-0.3, -0.25) is 0 Å². The van der Waals surface area contributed by atoms with Crippen LogP contribution in [0.15, 0.2) is 0 Å². The Balaban J connectivity index is 2.45. The number of hydrogen-bond donors (Lipinski definition) is 2. The summed E-state index contributed by atoms with van der Waals surface area (Å²) in [4.78, 5) is 0. The molecule has 0 radical (unpaired) electrons. The molecule has 0 bridgehead atoms. The lowest BCUT2D eigenvalue weighted by Crippen LogP contribution is -2.51. The van der Waals surface area contributed by atoms with Crippen molar-refractivity contribution in [3.05, 3.63) is 0 Å². The van der Waals surface area contributed by atoms with Crippen LogP contribution in [-0.2, 0) is 9.84 Å². The van der Waals surface area contributed by atoms with E-state index in [4.69, 9.17) is 12.2 Å². The number of hydrogen-bond acceptors (Lipinski definition) is 3. The van der Waals surface area contributed by atoms with Crippen LogP contribution in [-0.4, -0.2) is 37.1 Å². The molecule has 6 heteroatoms. The van der Waals surface area contributed by atoms with Gasteiger partial charge in [-0.1, -0.05) is 13.8 Å². The van der Waals surface area contributed by atoms with E-state index in [1.807, 2.05) is 6.92 Å². The predicted molar refractivity (Wildman–Crippen MR) is 70.3 cm³/mol. The van der Waals surface area contributed by atoms with E-state index in [9.17, 15) is 8.42 Å². The lowest BCUT2D eigenvalue weighted by Gasteiger charge is -2.26. The molecule has 16 heavy (non-hydrogen) atoms. The third-order valence-corrected chi connectivity index (χ3v) is 4.74. The van der Waals surface area contributed by atoms with Gasteiger partial charge in [-0.25, -0.2) is 8.42 Å². The molecule has 1 rings (SSSR count). The van der Waals surface area contributed by atoms with Crippen molar-refractivity contribution in [2.24, 2.45) is 5.92 Å². The van der Waals surface area contributed by atoms with Gasteiger partial charge in [0.15, 0.2) is 14.9 Å². The van der Waals surface area contributed by atoms with E-state index in [1.54, 1.807) is 0 Å². The summed E-state index contributed by atoms with van der Waals surface area (Å²) in [5, 5.41) is 6.74. The highest BCUT2D eigenvalue weighted by molar-refractivity contribution is 7.91. The Kier molecular flexibility index (Phi) is 4.17. The van der Waals surface area contributed by atoms with E-state index < -0.39 is 15.4 Å². The summed E-state index contributed by atoms with van der Waals surface area (Å²) in [6, 6.07) is 0. The maximum absolute atomic E-state index is 11.4. The molecule has 0 aromatic rings. The van der Waals surface area contributed by atoms with E-state index in [1.165, 1.54) is 0 Å². The Morgan fingerprint density at radius 1 is 1.50 bits per heavy atom. The highest BCUT2D eigenvalue weighted by atomic mass is 32.2. The van der Waals surface area contributed by atoms with Crippen LogP contribution in [0.4, 0.5) is 0 Å². The first kappa shape index (κ1) is 13.7. The number of rotatable bonds is 3. The van der Waals surface area contributed by atoms with E-state index in [-0.39, 0.29) is 11.5 Å². The first-order valence-corrected chi connectivity index (χ1v) is 7.72. The van der Waals surface area contributed by atoms with E-state index in [0.29, 0.717) is 17.5 Å². The summed E-state index contributed by atoms with van der Waals surface area (Å²) >= 11 is 5.14. The maximum atomic E-state index is 11.4. The fraction of sp³-hybridized carbons (Fsp3) is 0.900. The average Bonchev–Trinajstić information content (AvgIpc) is 2.37. The summed E-state index contributed by atoms with van der Waals surface area (Å²) in [5.41, 5.74) is -0.403. The Bertz CT molecular complexity index is 365. The number of thiocarbonyl (C=S) groups is 1. The lowest BCUT2D eigenvalue weighted by atomic mass is 10.0. The fourth-order valence-corrected chi connectivity index (χ4v) is 4.15. The van der Waals surface area contributed by atoms with Crippen molar-refractivity contribution in [3.8, 4) is 0 Å². The van der Waals surface area contributed by atoms with Crippen LogP contribution in [0.2, 0.25) is 0 Å². The molecule has 94 valence electrons. The zero-order valence-electron chi connectivity index (χ0n) is 10.0. The minimum Gasteiger partial charge on any atom is -0.362 e. The van der Waals surface area contributed by atoms with E-state index in [2.05, 4.69) is 24.5 Å². The Hall–Kier alpha value is -0.360. The highest BCUT2D eigenvalue weighted by Gasteiger charge is 2.38. The van der Waals surface area contributed by atoms with Gasteiger partial charge in [0.25, 0.3) is 0 Å². The number of sulfone groups is 1. The van der Waals surface area contributed by atoms with Gasteiger partial charge in [-0.05, 0) is 31.5 Å². The van der Waals surface area contributed by atoms with Crippen molar-refractivity contribution in [1.29, 1.82) is 0 Å². The first-order valence-electron chi connectivity index (χ1n) is 5.49. The standard InChI is InChI=1S/C10H20N2O2S2/c1-8(2)6-11-9(15)12-10(3)4-5-16(13,14)7-10/h8H,4-7H2,1-3H3,(H2,11,12,15). The minimum absolute atomic E-state index is 0.170. The van der Waals surface area contributed by atoms with Crippen molar-refractivity contribution in [1.82, 2.24) is 10.6 Å². The van der Waals surface area contributed by atoms with Gasteiger partial charge in [0.1, 0.15) is 0 Å². The summed E-state index contributed by atoms with van der Waals surface area (Å²) in [6.45, 7) is 6.89. The van der Waals surface area contributed by atoms with Crippen molar-refractivity contribution >= 4 is 27.2 Å². The quantitative estimate of drug-likeness (QED) is 0.734. The number of nitrogens with one attached hydrogen (secondary N) is 2. The van der Waals surface area contributed by atoms with E-state index >= 15 is 0 Å². The third-order valence-electron chi connectivity index (χ3n) is 2.59. The molecule has 1 fully saturated rings. The van der Waals surface area contributed by atoms with Gasteiger partial charge < -0.3 is 10.6 Å². The summed E-state index contributed by atoms with van der Waals surface area (Å²) in [5.74, 6) is 0.937. The highest BCUT2D eigenvalue weighted by Crippen LogP contribution is 2.22. The molecular weight excluding hydrogens is 244 g/mol. The molecule has 1 saturated heterocycles. The van der Waals surface area contributed by atoms with Crippen LogP contribution in [0, 0.1) is 5.92 Å². The summed E-state index contributed by atoms with van der Waals surface area (Å²) < 4.78 is 22.8. The Morgan fingerprint density at radius 2 is 2.12 bits per heavy atom. The van der Waals surface area contributed by atoms with Gasteiger partial charge in [0.05, 0.1) is 17.0 Å². The lowest BCUT2D eigenvalue weighted by molar-refractivity contribution is 0.465. The third kappa shape index (κ3) is 4.25. The van der Waals surface area contributed by atoms with Gasteiger partial charge in [0.2, 0.25) is 0 Å². The Morgan fingerprint density at radius 3 is 2.56 bits per heavy atom. The molecule has 1 aliphatic rings. The maximum Gasteiger partial charge on any atom is 0.166 e. The van der Waals surface area contributed by atoms with Crippen LogP contribution in [0.1, 0.15) is 27.2 Å². The van der Waals surface area contributed by atoms with Crippen molar-refractivity contribution in [2.75, 3.05) is 18.1 Å². The van der Waals surface area contributed by atoms with E-state index in [0.717, 1.165) is 6.54 Å². The summed E-state index contributed by atoms with van der Waals surface area (Å²) in [6.07, 6.45) is 0.624. The largest absolute Gasteiger partial charge is 0.362 e. The molecule has 0 aliphatic carbocycles. The molecule has 0 aromatic carbocycles. The second-order valence-electron chi connectivity index (χ2n) is 5.13. The Labute approximate surface area is 103 Å². The average molecular weight is 264 g/mol. The van der Waals surface area contributed by atoms with Crippen LogP contribution >= 0.6 is 12.2 Å². The molecule has 1 unspecified atom stereocenters. The van der Waals surface area contributed by atoms with Gasteiger partial charge in [0, 0.05) is 6.54 Å². The van der Waals surface area contributed by atoms with Gasteiger partial charge >= 0.3 is 0 Å². The molecule has 1 atom stereocenters. The fourth-order valence-electron chi connectivity index (χ4n) is 1.72. The molecule has 0 amide bonds. The second kappa shape index (κ2) is 4.87. The zero-order valence-corrected chi connectivity index (χ0v) is 11.7. The molecule has 0 spiro atoms. The molecule has 2 N–H and O–H groups in total. The van der Waals surface area contributed by atoms with Crippen molar-refractivity contribution in [3.63, 3.8) is 0 Å². The van der Waals surface area contributed by atoms with Crippen LogP contribution in [0.5, 0.6) is 0 Å². The SMILES string of the molecule is CC(C)CNC(=S)NC1(C)CCS(=O)(=O)C1. The van der Waals surface area contributed by atoms with Crippen LogP contribution < -0.4 is 10.6 Å². The topological polar surface area (TPSA) is 58.2 Å². The van der Waals surface area contributed by atoms with Crippen LogP contribution in [0.3, 0.4) is 0 Å². The van der Waals surface area contributed by atoms with Gasteiger partial charge in [-0.15, -0.1) is 0 Å². The van der Waals surface area contributed by atoms with Crippen molar-refractivity contribution in [2.45, 2.75) is 32.7 Å². The second-order valence-corrected chi connectivity index (χ2v) is 7.72. The van der Waals surface area contributed by atoms with Crippen LogP contribution in [0.25, 0.3) is 0 Å². The zero-order chi connectivity index (χ0) is 12.4. The minimum atomic E-state index is -2.88. The van der Waals surface area contributed by atoms with Gasteiger partial charge in [-0.2, -0.15) is 0 Å². The molecule has 1 heterocycles. The first-order chi connectivity index (χ1) is 7.22.